The van der Waals surface area contributed by atoms with Gasteiger partial charge < -0.3 is 15.0 Å². The molecule has 3 aromatic rings. The number of methoxy groups -OCH3 is 1. The monoisotopic (exact) mass is 526 g/mol. The molecule has 1 fully saturated rings. The Morgan fingerprint density at radius 1 is 1.16 bits per heavy atom. The predicted molar refractivity (Wildman–Crippen MR) is 140 cm³/mol. The average Bonchev–Trinajstić information content (AvgIpc) is 2.87. The quantitative estimate of drug-likeness (QED) is 0.402. The van der Waals surface area contributed by atoms with Crippen molar-refractivity contribution < 1.29 is 17.9 Å². The van der Waals surface area contributed by atoms with E-state index < -0.39 is 28.8 Å². The minimum Gasteiger partial charge on any atom is -0.481 e. The number of pyridine rings is 1. The topological polar surface area (TPSA) is 87.0 Å². The van der Waals surface area contributed by atoms with Crippen molar-refractivity contribution >= 4 is 16.9 Å². The number of alkyl halides is 2. The molecular weight excluding hydrogens is 493 g/mol. The first-order valence-electron chi connectivity index (χ1n) is 12.7. The Morgan fingerprint density at radius 2 is 1.84 bits per heavy atom. The fourth-order valence-electron chi connectivity index (χ4n) is 5.13. The summed E-state index contributed by atoms with van der Waals surface area (Å²) in [5.41, 5.74) is -0.372. The molecule has 0 unspecified atom stereocenters. The van der Waals surface area contributed by atoms with E-state index >= 15 is 4.39 Å². The first-order valence-corrected chi connectivity index (χ1v) is 12.7. The van der Waals surface area contributed by atoms with E-state index in [9.17, 15) is 14.0 Å². The molecule has 2 aromatic heterocycles. The number of hydrogen-bond donors (Lipinski definition) is 1. The molecule has 1 atom stereocenters. The van der Waals surface area contributed by atoms with Crippen LogP contribution in [0.3, 0.4) is 0 Å². The van der Waals surface area contributed by atoms with E-state index in [0.29, 0.717) is 59.9 Å². The summed E-state index contributed by atoms with van der Waals surface area (Å²) in [4.78, 5) is 15.9. The van der Waals surface area contributed by atoms with E-state index in [2.05, 4.69) is 45.1 Å². The molecule has 0 aliphatic carbocycles. The zero-order valence-corrected chi connectivity index (χ0v) is 22.6. The molecular formula is C28H33F3N6O. The number of piperidine rings is 1. The first kappa shape index (κ1) is 27.6. The number of halogens is 3. The molecule has 1 N–H and O–H groups in total. The molecule has 4 rings (SSSR count). The second-order valence-corrected chi connectivity index (χ2v) is 10.3. The highest BCUT2D eigenvalue weighted by Crippen LogP contribution is 2.42. The third-order valence-electron chi connectivity index (χ3n) is 7.39. The SMILES string of the molecule is COc1nc2nc(C)nc(N[C@H](C)c3cccc(C(C)(F)F)c3F)c2cc1C1(C#N)CCN(C(C)C)CC1. The summed E-state index contributed by atoms with van der Waals surface area (Å²) < 4.78 is 48.6. The molecule has 7 nitrogen and oxygen atoms in total. The van der Waals surface area contributed by atoms with Gasteiger partial charge in [-0.2, -0.15) is 10.2 Å². The molecule has 1 aliphatic heterocycles. The molecule has 0 radical (unpaired) electrons. The van der Waals surface area contributed by atoms with E-state index in [0.717, 1.165) is 19.2 Å². The van der Waals surface area contributed by atoms with Crippen LogP contribution in [-0.4, -0.2) is 46.1 Å². The lowest BCUT2D eigenvalue weighted by atomic mass is 9.74. The average molecular weight is 527 g/mol. The van der Waals surface area contributed by atoms with Crippen molar-refractivity contribution in [2.45, 2.75) is 70.9 Å². The maximum absolute atomic E-state index is 15.1. The summed E-state index contributed by atoms with van der Waals surface area (Å²) in [5, 5.41) is 14.1. The number of hydrogen-bond acceptors (Lipinski definition) is 7. The van der Waals surface area contributed by atoms with Gasteiger partial charge >= 0.3 is 0 Å². The second kappa shape index (κ2) is 10.4. The largest absolute Gasteiger partial charge is 0.481 e. The normalized spacial score (nSPS) is 16.9. The molecule has 1 aromatic carbocycles. The highest BCUT2D eigenvalue weighted by Gasteiger charge is 2.40. The number of ether oxygens (including phenoxy) is 1. The Morgan fingerprint density at radius 3 is 2.42 bits per heavy atom. The summed E-state index contributed by atoms with van der Waals surface area (Å²) in [7, 11) is 1.51. The fourth-order valence-corrected chi connectivity index (χ4v) is 5.13. The number of likely N-dealkylation sites (tertiary alicyclic amines) is 1. The van der Waals surface area contributed by atoms with Gasteiger partial charge in [-0.25, -0.2) is 23.1 Å². The Kier molecular flexibility index (Phi) is 7.53. The number of rotatable bonds is 7. The van der Waals surface area contributed by atoms with E-state index in [4.69, 9.17) is 4.74 Å². The molecule has 0 bridgehead atoms. The van der Waals surface area contributed by atoms with Crippen molar-refractivity contribution in [1.82, 2.24) is 19.9 Å². The molecule has 0 amide bonds. The second-order valence-electron chi connectivity index (χ2n) is 10.3. The number of nitriles is 1. The molecule has 1 saturated heterocycles. The van der Waals surface area contributed by atoms with Crippen LogP contribution in [0.4, 0.5) is 19.0 Å². The van der Waals surface area contributed by atoms with Crippen LogP contribution in [0.5, 0.6) is 5.88 Å². The fraction of sp³-hybridized carbons (Fsp3) is 0.500. The third-order valence-corrected chi connectivity index (χ3v) is 7.39. The Hall–Kier alpha value is -3.45. The van der Waals surface area contributed by atoms with Crippen LogP contribution in [0.25, 0.3) is 11.0 Å². The van der Waals surface area contributed by atoms with Gasteiger partial charge in [0.15, 0.2) is 5.65 Å². The van der Waals surface area contributed by atoms with Crippen LogP contribution in [0.2, 0.25) is 0 Å². The van der Waals surface area contributed by atoms with Gasteiger partial charge in [0.05, 0.1) is 35.6 Å². The molecule has 3 heterocycles. The highest BCUT2D eigenvalue weighted by molar-refractivity contribution is 5.88. The maximum atomic E-state index is 15.1. The van der Waals surface area contributed by atoms with Gasteiger partial charge in [-0.3, -0.25) is 0 Å². The Labute approximate surface area is 221 Å². The van der Waals surface area contributed by atoms with E-state index in [1.807, 2.05) is 6.07 Å². The molecule has 10 heteroatoms. The number of benzene rings is 1. The standard InChI is InChI=1S/C28H33F3N6O/c1-16(2)37-12-10-28(15-32,11-13-37)22-14-20-24(34-18(4)35-25(20)36-26(22)38-6)33-17(3)19-8-7-9-21(23(19)29)27(5,30)31/h7-9,14,16-17H,10-13H2,1-6H3,(H,33,34,35,36)/t17-/m1/s1. The van der Waals surface area contributed by atoms with Crippen LogP contribution in [0, 0.1) is 24.1 Å². The van der Waals surface area contributed by atoms with Gasteiger partial charge in [0, 0.05) is 37.2 Å². The predicted octanol–water partition coefficient (Wildman–Crippen LogP) is 6.03. The summed E-state index contributed by atoms with van der Waals surface area (Å²) in [6.07, 6.45) is 1.22. The third kappa shape index (κ3) is 5.12. The summed E-state index contributed by atoms with van der Waals surface area (Å²) in [6, 6.07) is 8.02. The van der Waals surface area contributed by atoms with Crippen molar-refractivity contribution in [3.05, 3.63) is 52.6 Å². The zero-order valence-electron chi connectivity index (χ0n) is 22.6. The van der Waals surface area contributed by atoms with Gasteiger partial charge in [0.1, 0.15) is 17.5 Å². The van der Waals surface area contributed by atoms with Crippen LogP contribution >= 0.6 is 0 Å². The van der Waals surface area contributed by atoms with Crippen LogP contribution in [0.1, 0.15) is 69.1 Å². The number of aromatic nitrogens is 3. The lowest BCUT2D eigenvalue weighted by molar-refractivity contribution is 0.0136. The summed E-state index contributed by atoms with van der Waals surface area (Å²) in [6.45, 7) is 9.84. The number of aryl methyl sites for hydroxylation is 1. The first-order chi connectivity index (χ1) is 17.9. The molecule has 0 saturated carbocycles. The van der Waals surface area contributed by atoms with Gasteiger partial charge in [-0.1, -0.05) is 18.2 Å². The molecule has 1 aliphatic rings. The van der Waals surface area contributed by atoms with E-state index in [1.165, 1.54) is 19.2 Å². The van der Waals surface area contributed by atoms with Crippen LogP contribution in [0.15, 0.2) is 24.3 Å². The number of anilines is 1. The maximum Gasteiger partial charge on any atom is 0.273 e. The van der Waals surface area contributed by atoms with E-state index in [-0.39, 0.29) is 5.56 Å². The number of fused-ring (bicyclic) bond motifs is 1. The minimum atomic E-state index is -3.32. The van der Waals surface area contributed by atoms with Crippen molar-refractivity contribution in [1.29, 1.82) is 5.26 Å². The van der Waals surface area contributed by atoms with Crippen molar-refractivity contribution in [3.63, 3.8) is 0 Å². The van der Waals surface area contributed by atoms with Crippen molar-refractivity contribution in [2.24, 2.45) is 0 Å². The minimum absolute atomic E-state index is 0.0877. The van der Waals surface area contributed by atoms with E-state index in [1.54, 1.807) is 13.8 Å². The van der Waals surface area contributed by atoms with Crippen LogP contribution in [-0.2, 0) is 11.3 Å². The van der Waals surface area contributed by atoms with Gasteiger partial charge in [0.25, 0.3) is 5.92 Å². The van der Waals surface area contributed by atoms with Gasteiger partial charge in [0.2, 0.25) is 5.88 Å². The lowest BCUT2D eigenvalue weighted by Crippen LogP contribution is -2.44. The highest BCUT2D eigenvalue weighted by atomic mass is 19.3. The summed E-state index contributed by atoms with van der Waals surface area (Å²) >= 11 is 0. The van der Waals surface area contributed by atoms with Crippen molar-refractivity contribution in [3.8, 4) is 11.9 Å². The molecule has 0 spiro atoms. The molecule has 38 heavy (non-hydrogen) atoms. The Bertz CT molecular complexity index is 1370. The smallest absolute Gasteiger partial charge is 0.273 e. The van der Waals surface area contributed by atoms with Crippen LogP contribution < -0.4 is 10.1 Å². The number of nitrogens with zero attached hydrogens (tertiary/aromatic N) is 5. The molecule has 202 valence electrons. The van der Waals surface area contributed by atoms with Crippen molar-refractivity contribution in [2.75, 3.05) is 25.5 Å². The van der Waals surface area contributed by atoms with Gasteiger partial charge in [-0.15, -0.1) is 0 Å². The number of nitrogens with one attached hydrogen (secondary N) is 1. The lowest BCUT2D eigenvalue weighted by Gasteiger charge is -2.39. The Balaban J connectivity index is 1.79. The zero-order chi connectivity index (χ0) is 27.8. The van der Waals surface area contributed by atoms with Gasteiger partial charge in [-0.05, 0) is 46.6 Å². The summed E-state index contributed by atoms with van der Waals surface area (Å²) in [5.74, 6) is -3.15.